The fourth-order valence-electron chi connectivity index (χ4n) is 6.02. The van der Waals surface area contributed by atoms with Gasteiger partial charge in [-0.2, -0.15) is 5.26 Å². The summed E-state index contributed by atoms with van der Waals surface area (Å²) in [5.74, 6) is -2.97. The van der Waals surface area contributed by atoms with Gasteiger partial charge in [0.05, 0.1) is 24.4 Å². The number of ketones is 1. The molecule has 5 rings (SSSR count). The number of carbonyl (C=O) groups excluding carboxylic acids is 5. The van der Waals surface area contributed by atoms with Gasteiger partial charge in [0, 0.05) is 30.5 Å². The van der Waals surface area contributed by atoms with Crippen LogP contribution in [0.1, 0.15) is 71.3 Å². The minimum absolute atomic E-state index is 0.0139. The van der Waals surface area contributed by atoms with Crippen molar-refractivity contribution >= 4 is 46.7 Å². The predicted octanol–water partition coefficient (Wildman–Crippen LogP) is 2.24. The summed E-state index contributed by atoms with van der Waals surface area (Å²) in [7, 11) is 1.35. The largest absolute Gasteiger partial charge is 0.387 e. The van der Waals surface area contributed by atoms with E-state index >= 15 is 0 Å². The second kappa shape index (κ2) is 12.1. The molecule has 0 unspecified atom stereocenters. The lowest BCUT2D eigenvalue weighted by Gasteiger charge is -2.36. The summed E-state index contributed by atoms with van der Waals surface area (Å²) in [6.07, 6.45) is 3.30. The lowest BCUT2D eigenvalue weighted by molar-refractivity contribution is -0.145. The van der Waals surface area contributed by atoms with Gasteiger partial charge in [0.2, 0.25) is 23.5 Å². The Morgan fingerprint density at radius 1 is 1.18 bits per heavy atom. The van der Waals surface area contributed by atoms with Crippen molar-refractivity contribution < 1.29 is 28.8 Å². The highest BCUT2D eigenvalue weighted by Crippen LogP contribution is 2.46. The number of hydrogen-bond donors (Lipinski definition) is 3. The van der Waals surface area contributed by atoms with Crippen LogP contribution in [0.4, 0.5) is 0 Å². The maximum absolute atomic E-state index is 14.4. The average Bonchev–Trinajstić information content (AvgIpc) is 3.92. The number of likely N-dealkylation sites (tertiary alicyclic amines) is 1. The van der Waals surface area contributed by atoms with Crippen molar-refractivity contribution in [1.82, 2.24) is 20.9 Å². The van der Waals surface area contributed by atoms with E-state index in [1.54, 1.807) is 39.0 Å². The number of likely N-dealkylation sites (N-methyl/N-ethyl adjacent to an activating group) is 1. The molecule has 4 atom stereocenters. The zero-order valence-corrected chi connectivity index (χ0v) is 26.7. The lowest BCUT2D eigenvalue weighted by atomic mass is 9.85. The van der Waals surface area contributed by atoms with Gasteiger partial charge in [-0.1, -0.05) is 62.5 Å². The van der Waals surface area contributed by atoms with E-state index < -0.39 is 64.0 Å². The third-order valence-electron chi connectivity index (χ3n) is 9.12. The molecular weight excluding hydrogens is 600 g/mol. The smallest absolute Gasteiger partial charge is 0.289 e. The molecule has 0 radical (unpaired) electrons. The predicted molar refractivity (Wildman–Crippen MR) is 164 cm³/mol. The first-order valence-corrected chi connectivity index (χ1v) is 15.7. The SMILES string of the molecule is CNC(=O)C(=O)[C@H](CC1CC1)NC(=O)[C@@H]1C[C@]2(CC(c3cccc(Cl)c3)=NO2)CN1C(=O)[C@@H](NC(=O)C1(C#N)CC1)C(C)(C)C. The quantitative estimate of drug-likeness (QED) is 0.330. The molecule has 2 saturated carbocycles. The molecule has 0 aromatic heterocycles. The van der Waals surface area contributed by atoms with Gasteiger partial charge in [-0.05, 0) is 42.7 Å². The molecule has 3 fully saturated rings. The molecular formula is C32H39ClN6O6. The number of nitriles is 1. The monoisotopic (exact) mass is 638 g/mol. The molecule has 2 aliphatic carbocycles. The molecule has 0 bridgehead atoms. The van der Waals surface area contributed by atoms with E-state index in [0.29, 0.717) is 30.0 Å². The summed E-state index contributed by atoms with van der Waals surface area (Å²) in [6.45, 7) is 5.37. The number of hydrogen-bond acceptors (Lipinski definition) is 8. The van der Waals surface area contributed by atoms with Crippen molar-refractivity contribution in [1.29, 1.82) is 5.26 Å². The van der Waals surface area contributed by atoms with Crippen molar-refractivity contribution in [2.45, 2.75) is 89.4 Å². The normalized spacial score (nSPS) is 24.5. The molecule has 45 heavy (non-hydrogen) atoms. The van der Waals surface area contributed by atoms with Gasteiger partial charge in [0.25, 0.3) is 5.91 Å². The Bertz CT molecular complexity index is 1490. The highest BCUT2D eigenvalue weighted by molar-refractivity contribution is 6.38. The van der Waals surface area contributed by atoms with Gasteiger partial charge in [-0.15, -0.1) is 0 Å². The zero-order valence-electron chi connectivity index (χ0n) is 25.9. The molecule has 3 N–H and O–H groups in total. The van der Waals surface area contributed by atoms with Gasteiger partial charge in [-0.25, -0.2) is 0 Å². The number of Topliss-reactive ketones (excluding diaryl/α,β-unsaturated/α-hetero) is 1. The van der Waals surface area contributed by atoms with Crippen molar-refractivity contribution in [3.63, 3.8) is 0 Å². The molecule has 240 valence electrons. The van der Waals surface area contributed by atoms with Crippen LogP contribution in [-0.4, -0.2) is 77.3 Å². The fourth-order valence-corrected chi connectivity index (χ4v) is 6.21. The molecule has 1 aromatic rings. The number of halogens is 1. The van der Waals surface area contributed by atoms with Crippen LogP contribution in [0.3, 0.4) is 0 Å². The van der Waals surface area contributed by atoms with E-state index in [2.05, 4.69) is 27.2 Å². The minimum Gasteiger partial charge on any atom is -0.387 e. The van der Waals surface area contributed by atoms with E-state index in [1.165, 1.54) is 11.9 Å². The van der Waals surface area contributed by atoms with Crippen LogP contribution in [0, 0.1) is 28.1 Å². The van der Waals surface area contributed by atoms with Crippen molar-refractivity contribution in [2.24, 2.45) is 21.9 Å². The van der Waals surface area contributed by atoms with Crippen molar-refractivity contribution in [2.75, 3.05) is 13.6 Å². The van der Waals surface area contributed by atoms with Crippen LogP contribution >= 0.6 is 11.6 Å². The third kappa shape index (κ3) is 6.83. The van der Waals surface area contributed by atoms with E-state index in [0.717, 1.165) is 18.4 Å². The number of rotatable bonds is 10. The second-order valence-electron chi connectivity index (χ2n) is 13.8. The maximum atomic E-state index is 14.4. The van der Waals surface area contributed by atoms with E-state index in [9.17, 15) is 29.2 Å². The number of carbonyl (C=O) groups is 5. The zero-order chi connectivity index (χ0) is 32.7. The highest BCUT2D eigenvalue weighted by atomic mass is 35.5. The second-order valence-corrected chi connectivity index (χ2v) is 14.3. The Balaban J connectivity index is 1.43. The molecule has 13 heteroatoms. The Morgan fingerprint density at radius 2 is 1.89 bits per heavy atom. The van der Waals surface area contributed by atoms with Crippen LogP contribution < -0.4 is 16.0 Å². The van der Waals surface area contributed by atoms with Gasteiger partial charge < -0.3 is 25.7 Å². The summed E-state index contributed by atoms with van der Waals surface area (Å²) in [4.78, 5) is 74.1. The highest BCUT2D eigenvalue weighted by Gasteiger charge is 2.57. The first-order chi connectivity index (χ1) is 21.2. The van der Waals surface area contributed by atoms with Crippen molar-refractivity contribution in [3.8, 4) is 6.07 Å². The first-order valence-electron chi connectivity index (χ1n) is 15.3. The van der Waals surface area contributed by atoms with Gasteiger partial charge >= 0.3 is 0 Å². The molecule has 1 spiro atoms. The summed E-state index contributed by atoms with van der Waals surface area (Å²) in [6, 6.07) is 6.00. The van der Waals surface area contributed by atoms with E-state index in [-0.39, 0.29) is 25.3 Å². The van der Waals surface area contributed by atoms with Crippen LogP contribution in [0.25, 0.3) is 0 Å². The van der Waals surface area contributed by atoms with Crippen LogP contribution in [0.5, 0.6) is 0 Å². The lowest BCUT2D eigenvalue weighted by Crippen LogP contribution is -2.59. The van der Waals surface area contributed by atoms with Crippen LogP contribution in [-0.2, 0) is 28.8 Å². The van der Waals surface area contributed by atoms with Crippen LogP contribution in [0.2, 0.25) is 5.02 Å². The molecule has 2 aliphatic heterocycles. The van der Waals surface area contributed by atoms with Gasteiger partial charge in [-0.3, -0.25) is 24.0 Å². The maximum Gasteiger partial charge on any atom is 0.289 e. The molecule has 4 amide bonds. The molecule has 4 aliphatic rings. The number of amides is 4. The minimum atomic E-state index is -1.16. The summed E-state index contributed by atoms with van der Waals surface area (Å²) < 4.78 is 0. The van der Waals surface area contributed by atoms with Crippen LogP contribution in [0.15, 0.2) is 29.4 Å². The number of nitrogens with zero attached hydrogens (tertiary/aromatic N) is 3. The fraction of sp³-hybridized carbons (Fsp3) is 0.594. The van der Waals surface area contributed by atoms with Gasteiger partial charge in [0.1, 0.15) is 17.5 Å². The Kier molecular flexibility index (Phi) is 8.70. The van der Waals surface area contributed by atoms with E-state index in [1.807, 2.05) is 6.07 Å². The van der Waals surface area contributed by atoms with Gasteiger partial charge in [0.15, 0.2) is 5.60 Å². The Morgan fingerprint density at radius 3 is 2.47 bits per heavy atom. The Hall–Kier alpha value is -3.98. The van der Waals surface area contributed by atoms with Crippen molar-refractivity contribution in [3.05, 3.63) is 34.9 Å². The summed E-state index contributed by atoms with van der Waals surface area (Å²) >= 11 is 6.20. The first kappa shape index (κ1) is 32.4. The third-order valence-corrected chi connectivity index (χ3v) is 9.35. The molecule has 12 nitrogen and oxygen atoms in total. The van der Waals surface area contributed by atoms with E-state index in [4.69, 9.17) is 16.4 Å². The number of benzene rings is 1. The molecule has 1 saturated heterocycles. The topological polar surface area (TPSA) is 170 Å². The standard InChI is InChI=1S/C32H39ClN6O6/c1-30(2,3)25(37-29(44)31(16-34)10-11-31)28(43)39-17-32(14-22(38-45-32)19-6-5-7-20(33)13-19)15-23(39)26(41)36-21(12-18-8-9-18)24(40)27(42)35-4/h5-7,13,18,21,23,25H,8-12,14-15,17H2,1-4H3,(H,35,42)(H,36,41)(H,37,44)/t21-,23-,25+,32+/m0/s1. The summed E-state index contributed by atoms with van der Waals surface area (Å²) in [5, 5.41) is 22.3. The molecule has 2 heterocycles. The average molecular weight is 639 g/mol. The number of oxime groups is 1. The summed E-state index contributed by atoms with van der Waals surface area (Å²) in [5.41, 5.74) is -1.63. The number of nitrogens with one attached hydrogen (secondary N) is 3. The molecule has 1 aromatic carbocycles. The Labute approximate surface area is 267 Å².